The number of fused-ring (bicyclic) bond motifs is 1. The average molecular weight is 371 g/mol. The summed E-state index contributed by atoms with van der Waals surface area (Å²) in [5.74, 6) is 0.341. The number of hydrogen-bond donors (Lipinski definition) is 3. The van der Waals surface area contributed by atoms with Crippen LogP contribution in [-0.4, -0.2) is 23.2 Å². The van der Waals surface area contributed by atoms with Gasteiger partial charge in [0.05, 0.1) is 16.0 Å². The normalized spacial score (nSPS) is 17.0. The van der Waals surface area contributed by atoms with Gasteiger partial charge in [-0.3, -0.25) is 15.6 Å². The first-order valence-corrected chi connectivity index (χ1v) is 9.95. The summed E-state index contributed by atoms with van der Waals surface area (Å²) in [6.07, 6.45) is 1.07. The predicted molar refractivity (Wildman–Crippen MR) is 104 cm³/mol. The Labute approximate surface area is 154 Å². The van der Waals surface area contributed by atoms with E-state index in [1.54, 1.807) is 11.3 Å². The molecule has 1 aliphatic heterocycles. The van der Waals surface area contributed by atoms with Gasteiger partial charge in [-0.05, 0) is 36.2 Å². The number of carbonyl (C=O) groups excluding carboxylic acids is 1. The van der Waals surface area contributed by atoms with Gasteiger partial charge in [0, 0.05) is 18.3 Å². The Bertz CT molecular complexity index is 839. The standard InChI is InChI=1S/C18H18N4OS2/c23-17(11-24-18-21-15-3-1-2-4-16(15)25-18)20-13-7-5-12(6-8-13)14-9-10-19-22-14/h1-8,14,19,22H,9-11H2,(H,20,23). The summed E-state index contributed by atoms with van der Waals surface area (Å²) >= 11 is 3.09. The molecule has 3 aromatic rings. The van der Waals surface area contributed by atoms with Crippen LogP contribution < -0.4 is 16.2 Å². The Morgan fingerprint density at radius 2 is 2.08 bits per heavy atom. The Hall–Kier alpha value is -1.93. The van der Waals surface area contributed by atoms with E-state index in [0.29, 0.717) is 11.8 Å². The molecule has 1 saturated heterocycles. The third-order valence-electron chi connectivity index (χ3n) is 4.03. The van der Waals surface area contributed by atoms with E-state index in [-0.39, 0.29) is 5.91 Å². The molecule has 1 unspecified atom stereocenters. The lowest BCUT2D eigenvalue weighted by Gasteiger charge is -2.11. The molecule has 2 heterocycles. The van der Waals surface area contributed by atoms with Crippen molar-refractivity contribution in [2.75, 3.05) is 17.6 Å². The fourth-order valence-electron chi connectivity index (χ4n) is 2.77. The first kappa shape index (κ1) is 16.5. The van der Waals surface area contributed by atoms with E-state index in [4.69, 9.17) is 0 Å². The molecule has 4 rings (SSSR count). The number of para-hydroxylation sites is 1. The van der Waals surface area contributed by atoms with Crippen molar-refractivity contribution in [2.45, 2.75) is 16.8 Å². The summed E-state index contributed by atoms with van der Waals surface area (Å²) in [7, 11) is 0. The monoisotopic (exact) mass is 370 g/mol. The molecule has 5 nitrogen and oxygen atoms in total. The molecule has 1 fully saturated rings. The highest BCUT2D eigenvalue weighted by Crippen LogP contribution is 2.29. The topological polar surface area (TPSA) is 66.0 Å². The number of nitrogens with zero attached hydrogens (tertiary/aromatic N) is 1. The summed E-state index contributed by atoms with van der Waals surface area (Å²) in [4.78, 5) is 16.7. The van der Waals surface area contributed by atoms with E-state index < -0.39 is 0 Å². The van der Waals surface area contributed by atoms with Crippen molar-refractivity contribution >= 4 is 44.9 Å². The van der Waals surface area contributed by atoms with Crippen LogP contribution in [0, 0.1) is 0 Å². The summed E-state index contributed by atoms with van der Waals surface area (Å²) in [6.45, 7) is 0.978. The van der Waals surface area contributed by atoms with Crippen LogP contribution in [0.15, 0.2) is 52.9 Å². The minimum Gasteiger partial charge on any atom is -0.325 e. The minimum atomic E-state index is -0.0161. The zero-order chi connectivity index (χ0) is 17.1. The molecular formula is C18H18N4OS2. The van der Waals surface area contributed by atoms with Gasteiger partial charge in [-0.2, -0.15) is 0 Å². The van der Waals surface area contributed by atoms with Crippen LogP contribution in [0.3, 0.4) is 0 Å². The number of benzene rings is 2. The van der Waals surface area contributed by atoms with Gasteiger partial charge in [0.15, 0.2) is 4.34 Å². The molecule has 0 bridgehead atoms. The lowest BCUT2D eigenvalue weighted by molar-refractivity contribution is -0.113. The molecule has 128 valence electrons. The Kier molecular flexibility index (Phi) is 4.98. The van der Waals surface area contributed by atoms with Crippen molar-refractivity contribution in [1.29, 1.82) is 0 Å². The van der Waals surface area contributed by atoms with Crippen molar-refractivity contribution in [3.8, 4) is 0 Å². The molecule has 7 heteroatoms. The third-order valence-corrected chi connectivity index (χ3v) is 6.21. The number of anilines is 1. The zero-order valence-corrected chi connectivity index (χ0v) is 15.1. The Morgan fingerprint density at radius 1 is 1.24 bits per heavy atom. The quantitative estimate of drug-likeness (QED) is 0.599. The SMILES string of the molecule is O=C(CSc1nc2ccccc2s1)Nc1ccc(C2CCNN2)cc1. The lowest BCUT2D eigenvalue weighted by Crippen LogP contribution is -2.24. The van der Waals surface area contributed by atoms with Gasteiger partial charge in [-0.25, -0.2) is 4.98 Å². The van der Waals surface area contributed by atoms with E-state index in [1.165, 1.54) is 17.3 Å². The fraction of sp³-hybridized carbons (Fsp3) is 0.222. The molecule has 1 amide bonds. The molecule has 0 saturated carbocycles. The number of rotatable bonds is 5. The van der Waals surface area contributed by atoms with Gasteiger partial charge in [-0.1, -0.05) is 36.0 Å². The molecule has 1 aliphatic rings. The van der Waals surface area contributed by atoms with E-state index >= 15 is 0 Å². The van der Waals surface area contributed by atoms with Crippen molar-refractivity contribution in [3.63, 3.8) is 0 Å². The lowest BCUT2D eigenvalue weighted by atomic mass is 10.1. The predicted octanol–water partition coefficient (Wildman–Crippen LogP) is 3.57. The largest absolute Gasteiger partial charge is 0.325 e. The molecule has 2 aromatic carbocycles. The van der Waals surface area contributed by atoms with E-state index in [9.17, 15) is 4.79 Å². The van der Waals surface area contributed by atoms with Crippen molar-refractivity contribution in [3.05, 3.63) is 54.1 Å². The van der Waals surface area contributed by atoms with Crippen molar-refractivity contribution in [2.24, 2.45) is 0 Å². The highest BCUT2D eigenvalue weighted by atomic mass is 32.2. The number of carbonyl (C=O) groups is 1. The highest BCUT2D eigenvalue weighted by molar-refractivity contribution is 8.01. The van der Waals surface area contributed by atoms with E-state index in [0.717, 1.165) is 33.2 Å². The number of thioether (sulfide) groups is 1. The number of thiazole rings is 1. The van der Waals surface area contributed by atoms with Crippen molar-refractivity contribution < 1.29 is 4.79 Å². The highest BCUT2D eigenvalue weighted by Gasteiger charge is 2.15. The van der Waals surface area contributed by atoms with Gasteiger partial charge in [0.1, 0.15) is 0 Å². The average Bonchev–Trinajstić information content (AvgIpc) is 3.30. The summed E-state index contributed by atoms with van der Waals surface area (Å²) in [5, 5.41) is 2.94. The number of amides is 1. The van der Waals surface area contributed by atoms with E-state index in [1.807, 2.05) is 36.4 Å². The van der Waals surface area contributed by atoms with Crippen LogP contribution in [0.25, 0.3) is 10.2 Å². The second-order valence-electron chi connectivity index (χ2n) is 5.82. The molecule has 0 spiro atoms. The Balaban J connectivity index is 1.32. The van der Waals surface area contributed by atoms with Crippen LogP contribution in [0.1, 0.15) is 18.0 Å². The van der Waals surface area contributed by atoms with Crippen LogP contribution in [0.5, 0.6) is 0 Å². The molecule has 3 N–H and O–H groups in total. The Morgan fingerprint density at radius 3 is 2.84 bits per heavy atom. The van der Waals surface area contributed by atoms with Crippen LogP contribution >= 0.6 is 23.1 Å². The van der Waals surface area contributed by atoms with Gasteiger partial charge >= 0.3 is 0 Å². The number of hydrogen-bond acceptors (Lipinski definition) is 6. The van der Waals surface area contributed by atoms with Crippen LogP contribution in [0.2, 0.25) is 0 Å². The van der Waals surface area contributed by atoms with Crippen LogP contribution in [0.4, 0.5) is 5.69 Å². The molecule has 1 aromatic heterocycles. The second kappa shape index (κ2) is 7.53. The summed E-state index contributed by atoms with van der Waals surface area (Å²) in [5.41, 5.74) is 9.41. The fourth-order valence-corrected chi connectivity index (χ4v) is 4.64. The molecule has 25 heavy (non-hydrogen) atoms. The molecular weight excluding hydrogens is 352 g/mol. The summed E-state index contributed by atoms with van der Waals surface area (Å²) in [6, 6.07) is 16.4. The maximum absolute atomic E-state index is 12.2. The molecule has 0 aliphatic carbocycles. The molecule has 1 atom stereocenters. The van der Waals surface area contributed by atoms with Gasteiger partial charge in [-0.15, -0.1) is 11.3 Å². The van der Waals surface area contributed by atoms with Gasteiger partial charge in [0.2, 0.25) is 5.91 Å². The van der Waals surface area contributed by atoms with Gasteiger partial charge < -0.3 is 5.32 Å². The maximum atomic E-state index is 12.2. The smallest absolute Gasteiger partial charge is 0.234 e. The number of hydrazine groups is 1. The zero-order valence-electron chi connectivity index (χ0n) is 13.5. The maximum Gasteiger partial charge on any atom is 0.234 e. The second-order valence-corrected chi connectivity index (χ2v) is 8.07. The van der Waals surface area contributed by atoms with E-state index in [2.05, 4.69) is 33.3 Å². The number of aromatic nitrogens is 1. The molecule has 0 radical (unpaired) electrons. The summed E-state index contributed by atoms with van der Waals surface area (Å²) < 4.78 is 2.07. The first-order valence-electron chi connectivity index (χ1n) is 8.14. The van der Waals surface area contributed by atoms with Gasteiger partial charge in [0.25, 0.3) is 0 Å². The first-order chi connectivity index (χ1) is 12.3. The number of nitrogens with one attached hydrogen (secondary N) is 3. The third kappa shape index (κ3) is 4.01. The van der Waals surface area contributed by atoms with Crippen LogP contribution in [-0.2, 0) is 4.79 Å². The minimum absolute atomic E-state index is 0.0161. The van der Waals surface area contributed by atoms with Crippen molar-refractivity contribution in [1.82, 2.24) is 15.8 Å².